The van der Waals surface area contributed by atoms with Gasteiger partial charge >= 0.3 is 0 Å². The number of ether oxygens (including phenoxy) is 9. The van der Waals surface area contributed by atoms with Gasteiger partial charge in [0.1, 0.15) is 85.5 Å². The van der Waals surface area contributed by atoms with E-state index in [2.05, 4.69) is 26.8 Å². The van der Waals surface area contributed by atoms with Gasteiger partial charge in [-0.25, -0.2) is 0 Å². The second kappa shape index (κ2) is 21.8. The summed E-state index contributed by atoms with van der Waals surface area (Å²) in [6, 6.07) is 0. The van der Waals surface area contributed by atoms with E-state index in [0.717, 1.165) is 32.1 Å². The normalized spacial score (nSPS) is 55.5. The molecule has 0 spiro atoms. The molecule has 9 rings (SSSR count). The average molecular weight is 1050 g/mol. The second-order valence-corrected chi connectivity index (χ2v) is 23.8. The Kier molecular flexibility index (Phi) is 16.9. The van der Waals surface area contributed by atoms with Crippen molar-refractivity contribution in [2.75, 3.05) is 19.8 Å². The number of allylic oxidation sites excluding steroid dienone is 1. The van der Waals surface area contributed by atoms with Crippen LogP contribution in [0.1, 0.15) is 99.3 Å². The van der Waals surface area contributed by atoms with Crippen LogP contribution in [0.25, 0.3) is 0 Å². The first-order valence-corrected chi connectivity index (χ1v) is 26.8. The van der Waals surface area contributed by atoms with E-state index in [0.29, 0.717) is 43.4 Å². The van der Waals surface area contributed by atoms with Gasteiger partial charge in [0.2, 0.25) is 0 Å². The number of hydrogen-bond donors (Lipinski definition) is 13. The molecular weight excluding hydrogens is 965 g/mol. The Balaban J connectivity index is 0.846. The monoisotopic (exact) mass is 1050 g/mol. The molecule has 3 saturated carbocycles. The van der Waals surface area contributed by atoms with Crippen LogP contribution >= 0.6 is 0 Å². The van der Waals surface area contributed by atoms with Crippen molar-refractivity contribution >= 4 is 0 Å². The van der Waals surface area contributed by atoms with Crippen molar-refractivity contribution in [1.82, 2.24) is 0 Å². The van der Waals surface area contributed by atoms with Crippen molar-refractivity contribution in [2.45, 2.75) is 240 Å². The quantitative estimate of drug-likeness (QED) is 0.0839. The molecule has 31 atom stereocenters. The highest BCUT2D eigenvalue weighted by Gasteiger charge is 2.68. The van der Waals surface area contributed by atoms with Crippen molar-refractivity contribution in [1.29, 1.82) is 0 Å². The van der Waals surface area contributed by atoms with Gasteiger partial charge in [0.05, 0.1) is 44.2 Å². The average Bonchev–Trinajstić information content (AvgIpc) is 3.80. The van der Waals surface area contributed by atoms with Crippen LogP contribution in [0.15, 0.2) is 11.6 Å². The highest BCUT2D eigenvalue weighted by Crippen LogP contribution is 2.70. The minimum Gasteiger partial charge on any atom is -0.394 e. The van der Waals surface area contributed by atoms with Gasteiger partial charge in [0.25, 0.3) is 0 Å². The van der Waals surface area contributed by atoms with Crippen LogP contribution in [0.5, 0.6) is 0 Å². The maximum absolute atomic E-state index is 12.1. The molecule has 0 amide bonds. The zero-order chi connectivity index (χ0) is 52.8. The number of fused-ring (bicyclic) bond motifs is 7. The molecule has 5 saturated heterocycles. The Morgan fingerprint density at radius 3 is 1.86 bits per heavy atom. The lowest BCUT2D eigenvalue weighted by atomic mass is 9.47. The SMILES string of the molecule is CC1C2C(CC3C4CC=C5C[C@@H](O[C@@H]6O[C@H](CO)C(O[C@@H]7O[C@@H](C)[C@H](O)[C@@H](O)[C@H]7O)[C@H](O)[C@H]6O[C@@H]6O[C@@H](C)[C@H](O)[C@@H](O)[C@H]6O)CCC5(C)C4CCC32C)O[C@]1(O)CC[C@@H](C)CO[C@@H]1O[C@H](CO)[C@@H](O)[C@H](O)[C@H]1O. The van der Waals surface area contributed by atoms with E-state index in [1.807, 2.05) is 6.92 Å². The van der Waals surface area contributed by atoms with E-state index >= 15 is 0 Å². The summed E-state index contributed by atoms with van der Waals surface area (Å²) < 4.78 is 54.6. The maximum atomic E-state index is 12.1. The fourth-order valence-corrected chi connectivity index (χ4v) is 14.9. The summed E-state index contributed by atoms with van der Waals surface area (Å²) in [5.74, 6) is -0.232. The highest BCUT2D eigenvalue weighted by molar-refractivity contribution is 5.26. The molecule has 22 heteroatoms. The molecule has 0 aromatic heterocycles. The number of hydrogen-bond acceptors (Lipinski definition) is 22. The Morgan fingerprint density at radius 1 is 0.644 bits per heavy atom. The standard InChI is InChI=1S/C51H84O22/c1-20(19-65-45-39(60)38(59)35(56)30(17-52)69-45)9-14-51(64)21(2)32-29(73-51)16-28-26-8-7-24-15-25(10-12-49(24,5)27(26)11-13-50(28,32)6)68-48-44(72-47-41(62)37(58)34(55)23(4)67-47)42(63)43(31(18-53)70-48)71-46-40(61)36(57)33(54)22(3)66-46/h7,20-23,25-48,52-64H,8-19H2,1-6H3/t20-,21?,22+,23+,25+,26?,27?,28?,29?,30-,31-,32?,33+,34+,35-,36-,37-,38+,39-,40-,41-,42+,43?,44-,45-,46+,47+,48-,49?,50?,51-/m1/s1. The van der Waals surface area contributed by atoms with Gasteiger partial charge in [0, 0.05) is 12.3 Å². The third-order valence-corrected chi connectivity index (χ3v) is 19.5. The third kappa shape index (κ3) is 10.2. The molecule has 0 bridgehead atoms. The van der Waals surface area contributed by atoms with Crippen molar-refractivity contribution in [3.63, 3.8) is 0 Å². The molecule has 4 aliphatic carbocycles. The van der Waals surface area contributed by atoms with Crippen LogP contribution in [0.2, 0.25) is 0 Å². The molecule has 73 heavy (non-hydrogen) atoms. The van der Waals surface area contributed by atoms with E-state index < -0.39 is 148 Å². The fourth-order valence-electron chi connectivity index (χ4n) is 14.9. The van der Waals surface area contributed by atoms with Crippen molar-refractivity contribution in [3.8, 4) is 0 Å². The van der Waals surface area contributed by atoms with Crippen molar-refractivity contribution in [3.05, 3.63) is 11.6 Å². The Labute approximate surface area is 426 Å². The fraction of sp³-hybridized carbons (Fsp3) is 0.961. The third-order valence-electron chi connectivity index (χ3n) is 19.5. The topological polar surface area (TPSA) is 346 Å². The summed E-state index contributed by atoms with van der Waals surface area (Å²) >= 11 is 0. The summed E-state index contributed by atoms with van der Waals surface area (Å²) in [7, 11) is 0. The van der Waals surface area contributed by atoms with E-state index in [1.54, 1.807) is 0 Å². The van der Waals surface area contributed by atoms with E-state index in [1.165, 1.54) is 19.4 Å². The van der Waals surface area contributed by atoms with Gasteiger partial charge < -0.3 is 109 Å². The lowest BCUT2D eigenvalue weighted by Gasteiger charge is -2.58. The Morgan fingerprint density at radius 2 is 1.23 bits per heavy atom. The van der Waals surface area contributed by atoms with Gasteiger partial charge in [-0.3, -0.25) is 0 Å². The lowest BCUT2D eigenvalue weighted by molar-refractivity contribution is -0.388. The molecule has 9 unspecified atom stereocenters. The van der Waals surface area contributed by atoms with E-state index in [9.17, 15) is 66.4 Å². The first-order chi connectivity index (χ1) is 34.5. The van der Waals surface area contributed by atoms with Crippen LogP contribution < -0.4 is 0 Å². The van der Waals surface area contributed by atoms with Crippen molar-refractivity contribution in [2.24, 2.45) is 46.3 Å². The van der Waals surface area contributed by atoms with Crippen LogP contribution in [0.4, 0.5) is 0 Å². The summed E-state index contributed by atoms with van der Waals surface area (Å²) in [6.45, 7) is 10.7. The smallest absolute Gasteiger partial charge is 0.187 e. The molecule has 0 aromatic carbocycles. The van der Waals surface area contributed by atoms with Gasteiger partial charge in [-0.05, 0) is 106 Å². The van der Waals surface area contributed by atoms with Crippen LogP contribution in [0, 0.1) is 46.3 Å². The summed E-state index contributed by atoms with van der Waals surface area (Å²) in [5, 5.41) is 139. The van der Waals surface area contributed by atoms with Crippen LogP contribution in [0.3, 0.4) is 0 Å². The minimum atomic E-state index is -1.75. The molecule has 5 aliphatic heterocycles. The van der Waals surface area contributed by atoms with Crippen LogP contribution in [-0.4, -0.2) is 227 Å². The highest BCUT2D eigenvalue weighted by atomic mass is 16.8. The van der Waals surface area contributed by atoms with Gasteiger partial charge in [-0.2, -0.15) is 0 Å². The number of aliphatic hydroxyl groups excluding tert-OH is 12. The van der Waals surface area contributed by atoms with Gasteiger partial charge in [-0.15, -0.1) is 0 Å². The number of aliphatic hydroxyl groups is 13. The summed E-state index contributed by atoms with van der Waals surface area (Å²) in [5.41, 5.74) is 1.07. The molecular formula is C51H84O22. The second-order valence-electron chi connectivity index (χ2n) is 23.8. The Hall–Kier alpha value is -1.14. The first-order valence-electron chi connectivity index (χ1n) is 26.8. The molecule has 9 aliphatic rings. The molecule has 0 radical (unpaired) electrons. The zero-order valence-electron chi connectivity index (χ0n) is 42.7. The maximum Gasteiger partial charge on any atom is 0.187 e. The first kappa shape index (κ1) is 56.6. The number of rotatable bonds is 14. The lowest BCUT2D eigenvalue weighted by Crippen LogP contribution is -2.66. The van der Waals surface area contributed by atoms with Gasteiger partial charge in [-0.1, -0.05) is 39.3 Å². The predicted molar refractivity (Wildman–Crippen MR) is 249 cm³/mol. The van der Waals surface area contributed by atoms with Crippen molar-refractivity contribution < 1.29 is 109 Å². The molecule has 22 nitrogen and oxygen atoms in total. The van der Waals surface area contributed by atoms with Crippen LogP contribution in [-0.2, 0) is 42.6 Å². The predicted octanol–water partition coefficient (Wildman–Crippen LogP) is -1.98. The molecule has 8 fully saturated rings. The molecule has 13 N–H and O–H groups in total. The van der Waals surface area contributed by atoms with E-state index in [4.69, 9.17) is 42.6 Å². The molecule has 5 heterocycles. The summed E-state index contributed by atoms with van der Waals surface area (Å²) in [4.78, 5) is 0. The summed E-state index contributed by atoms with van der Waals surface area (Å²) in [6.07, 6.45) is -20.5. The molecule has 0 aromatic rings. The molecule has 420 valence electrons. The van der Waals surface area contributed by atoms with E-state index in [-0.39, 0.29) is 41.3 Å². The minimum absolute atomic E-state index is 0.0589. The van der Waals surface area contributed by atoms with Gasteiger partial charge in [0.15, 0.2) is 30.9 Å². The Bertz CT molecular complexity index is 1900. The zero-order valence-corrected chi connectivity index (χ0v) is 42.7. The largest absolute Gasteiger partial charge is 0.394 e.